The molecule has 2 aromatic heterocycles. The SMILES string of the molecule is COc1cccc(-c2ccc(C3CN(C(=O)Cc4csc(C)n4)CCO3)nc2)c1. The predicted molar refractivity (Wildman–Crippen MR) is 112 cm³/mol. The summed E-state index contributed by atoms with van der Waals surface area (Å²) in [7, 11) is 1.66. The Hall–Kier alpha value is -2.77. The minimum Gasteiger partial charge on any atom is -0.497 e. The lowest BCUT2D eigenvalue weighted by atomic mass is 10.1. The molecule has 4 rings (SSSR count). The number of carbonyl (C=O) groups excluding carboxylic acids is 1. The predicted octanol–water partition coefficient (Wildman–Crippen LogP) is 3.66. The minimum atomic E-state index is -0.218. The summed E-state index contributed by atoms with van der Waals surface area (Å²) in [5.74, 6) is 0.892. The van der Waals surface area contributed by atoms with E-state index in [9.17, 15) is 4.79 Å². The van der Waals surface area contributed by atoms with Crippen LogP contribution in [-0.4, -0.2) is 47.6 Å². The third-order valence-corrected chi connectivity index (χ3v) is 5.76. The normalized spacial score (nSPS) is 16.6. The van der Waals surface area contributed by atoms with Crippen LogP contribution in [0.3, 0.4) is 0 Å². The van der Waals surface area contributed by atoms with Crippen LogP contribution in [0.15, 0.2) is 48.0 Å². The third-order valence-electron chi connectivity index (χ3n) is 4.94. The first kappa shape index (κ1) is 19.5. The number of thiazole rings is 1. The minimum absolute atomic E-state index is 0.0802. The maximum absolute atomic E-state index is 12.7. The molecule has 0 N–H and O–H groups in total. The molecule has 1 aliphatic rings. The molecular formula is C22H23N3O3S. The van der Waals surface area contributed by atoms with Crippen molar-refractivity contribution in [3.05, 3.63) is 64.4 Å². The van der Waals surface area contributed by atoms with Crippen LogP contribution < -0.4 is 4.74 Å². The quantitative estimate of drug-likeness (QED) is 0.643. The van der Waals surface area contributed by atoms with Crippen LogP contribution in [-0.2, 0) is 16.0 Å². The largest absolute Gasteiger partial charge is 0.497 e. The van der Waals surface area contributed by atoms with Crippen molar-refractivity contribution in [3.63, 3.8) is 0 Å². The number of hydrogen-bond donors (Lipinski definition) is 0. The zero-order valence-corrected chi connectivity index (χ0v) is 17.3. The number of methoxy groups -OCH3 is 1. The van der Waals surface area contributed by atoms with E-state index in [1.807, 2.05) is 59.8 Å². The fraction of sp³-hybridized carbons (Fsp3) is 0.318. The van der Waals surface area contributed by atoms with E-state index in [0.717, 1.165) is 33.3 Å². The van der Waals surface area contributed by atoms with Crippen molar-refractivity contribution in [2.45, 2.75) is 19.4 Å². The molecular weight excluding hydrogens is 386 g/mol. The Morgan fingerprint density at radius 3 is 2.93 bits per heavy atom. The van der Waals surface area contributed by atoms with Gasteiger partial charge in [0.2, 0.25) is 5.91 Å². The van der Waals surface area contributed by atoms with Crippen LogP contribution in [0.2, 0.25) is 0 Å². The highest BCUT2D eigenvalue weighted by Crippen LogP contribution is 2.26. The summed E-state index contributed by atoms with van der Waals surface area (Å²) in [6, 6.07) is 11.9. The lowest BCUT2D eigenvalue weighted by molar-refractivity contribution is -0.138. The summed E-state index contributed by atoms with van der Waals surface area (Å²) in [5, 5.41) is 2.93. The molecule has 0 bridgehead atoms. The lowest BCUT2D eigenvalue weighted by Gasteiger charge is -2.32. The second kappa shape index (κ2) is 8.71. The number of ether oxygens (including phenoxy) is 2. The van der Waals surface area contributed by atoms with Gasteiger partial charge in [-0.25, -0.2) is 4.98 Å². The number of morpholine rings is 1. The molecule has 1 aliphatic heterocycles. The van der Waals surface area contributed by atoms with Gasteiger partial charge in [-0.15, -0.1) is 11.3 Å². The monoisotopic (exact) mass is 409 g/mol. The third kappa shape index (κ3) is 4.63. The average molecular weight is 410 g/mol. The first-order valence-electron chi connectivity index (χ1n) is 9.53. The summed E-state index contributed by atoms with van der Waals surface area (Å²) in [5.41, 5.74) is 3.72. The van der Waals surface area contributed by atoms with Gasteiger partial charge in [0, 0.05) is 23.7 Å². The topological polar surface area (TPSA) is 64.5 Å². The van der Waals surface area contributed by atoms with Gasteiger partial charge in [-0.1, -0.05) is 18.2 Å². The number of benzene rings is 1. The second-order valence-electron chi connectivity index (χ2n) is 6.94. The average Bonchev–Trinajstić information content (AvgIpc) is 3.18. The highest BCUT2D eigenvalue weighted by Gasteiger charge is 2.26. The Balaban J connectivity index is 1.43. The molecule has 1 unspecified atom stereocenters. The molecule has 1 amide bonds. The highest BCUT2D eigenvalue weighted by molar-refractivity contribution is 7.09. The Labute approximate surface area is 174 Å². The first-order valence-corrected chi connectivity index (χ1v) is 10.4. The molecule has 1 atom stereocenters. The van der Waals surface area contributed by atoms with Crippen molar-refractivity contribution >= 4 is 17.2 Å². The van der Waals surface area contributed by atoms with Crippen LogP contribution >= 0.6 is 11.3 Å². The van der Waals surface area contributed by atoms with Gasteiger partial charge in [0.15, 0.2) is 0 Å². The van der Waals surface area contributed by atoms with Gasteiger partial charge in [0.05, 0.1) is 43.1 Å². The van der Waals surface area contributed by atoms with E-state index in [-0.39, 0.29) is 12.0 Å². The van der Waals surface area contributed by atoms with Crippen LogP contribution in [0.5, 0.6) is 5.75 Å². The van der Waals surface area contributed by atoms with Gasteiger partial charge in [-0.05, 0) is 30.7 Å². The van der Waals surface area contributed by atoms with Crippen LogP contribution in [0.25, 0.3) is 11.1 Å². The number of aromatic nitrogens is 2. The van der Waals surface area contributed by atoms with Crippen LogP contribution in [0.1, 0.15) is 22.5 Å². The fourth-order valence-electron chi connectivity index (χ4n) is 3.38. The van der Waals surface area contributed by atoms with Crippen molar-refractivity contribution in [3.8, 4) is 16.9 Å². The first-order chi connectivity index (χ1) is 14.1. The van der Waals surface area contributed by atoms with Crippen molar-refractivity contribution in [2.75, 3.05) is 26.8 Å². The fourth-order valence-corrected chi connectivity index (χ4v) is 3.99. The Bertz CT molecular complexity index is 987. The standard InChI is InChI=1S/C22H23N3O3S/c1-15-24-18(14-29-15)11-22(26)25-8-9-28-21(13-25)20-7-6-17(12-23-20)16-4-3-5-19(10-16)27-2/h3-7,10,12,14,21H,8-9,11,13H2,1-2H3. The number of aryl methyl sites for hydroxylation is 1. The molecule has 3 aromatic rings. The van der Waals surface area contributed by atoms with E-state index in [1.165, 1.54) is 0 Å². The smallest absolute Gasteiger partial charge is 0.228 e. The molecule has 0 aliphatic carbocycles. The van der Waals surface area contributed by atoms with Crippen LogP contribution in [0.4, 0.5) is 0 Å². The molecule has 1 fully saturated rings. The van der Waals surface area contributed by atoms with E-state index >= 15 is 0 Å². The van der Waals surface area contributed by atoms with Crippen molar-refractivity contribution in [1.82, 2.24) is 14.9 Å². The number of carbonyl (C=O) groups is 1. The Morgan fingerprint density at radius 1 is 1.31 bits per heavy atom. The second-order valence-corrected chi connectivity index (χ2v) is 8.00. The number of rotatable bonds is 5. The summed E-state index contributed by atoms with van der Waals surface area (Å²) >= 11 is 1.57. The molecule has 150 valence electrons. The summed E-state index contributed by atoms with van der Waals surface area (Å²) in [6.07, 6.45) is 1.95. The molecule has 29 heavy (non-hydrogen) atoms. The maximum atomic E-state index is 12.7. The molecule has 1 aromatic carbocycles. The molecule has 0 spiro atoms. The maximum Gasteiger partial charge on any atom is 0.228 e. The molecule has 1 saturated heterocycles. The number of hydrogen-bond acceptors (Lipinski definition) is 6. The molecule has 3 heterocycles. The molecule has 0 radical (unpaired) electrons. The van der Waals surface area contributed by atoms with E-state index in [4.69, 9.17) is 9.47 Å². The Morgan fingerprint density at radius 2 is 2.21 bits per heavy atom. The van der Waals surface area contributed by atoms with Gasteiger partial charge < -0.3 is 14.4 Å². The van der Waals surface area contributed by atoms with E-state index in [1.54, 1.807) is 18.4 Å². The van der Waals surface area contributed by atoms with Gasteiger partial charge in [0.25, 0.3) is 0 Å². The van der Waals surface area contributed by atoms with E-state index < -0.39 is 0 Å². The van der Waals surface area contributed by atoms with Crippen molar-refractivity contribution < 1.29 is 14.3 Å². The summed E-state index contributed by atoms with van der Waals surface area (Å²) in [4.78, 5) is 23.5. The highest BCUT2D eigenvalue weighted by atomic mass is 32.1. The lowest BCUT2D eigenvalue weighted by Crippen LogP contribution is -2.43. The number of amides is 1. The van der Waals surface area contributed by atoms with E-state index in [2.05, 4.69) is 9.97 Å². The Kier molecular flexibility index (Phi) is 5.87. The summed E-state index contributed by atoms with van der Waals surface area (Å²) in [6.45, 7) is 3.56. The molecule has 6 nitrogen and oxygen atoms in total. The molecule has 7 heteroatoms. The number of nitrogens with zero attached hydrogens (tertiary/aromatic N) is 3. The van der Waals surface area contributed by atoms with E-state index in [0.29, 0.717) is 26.1 Å². The number of pyridine rings is 1. The van der Waals surface area contributed by atoms with Gasteiger partial charge >= 0.3 is 0 Å². The van der Waals surface area contributed by atoms with Crippen molar-refractivity contribution in [2.24, 2.45) is 0 Å². The van der Waals surface area contributed by atoms with Gasteiger partial charge in [-0.2, -0.15) is 0 Å². The molecule has 0 saturated carbocycles. The zero-order chi connectivity index (χ0) is 20.2. The summed E-state index contributed by atoms with van der Waals surface area (Å²) < 4.78 is 11.2. The zero-order valence-electron chi connectivity index (χ0n) is 16.5. The van der Waals surface area contributed by atoms with Gasteiger partial charge in [-0.3, -0.25) is 9.78 Å². The van der Waals surface area contributed by atoms with Crippen molar-refractivity contribution in [1.29, 1.82) is 0 Å². The van der Waals surface area contributed by atoms with Crippen LogP contribution in [0, 0.1) is 6.92 Å². The van der Waals surface area contributed by atoms with Gasteiger partial charge in [0.1, 0.15) is 11.9 Å².